The maximum absolute atomic E-state index is 11.9. The number of benzene rings is 2. The molecule has 12 heteroatoms. The van der Waals surface area contributed by atoms with Gasteiger partial charge in [0.05, 0.1) is 23.0 Å². The van der Waals surface area contributed by atoms with Crippen LogP contribution in [0.1, 0.15) is 0 Å². The van der Waals surface area contributed by atoms with Crippen LogP contribution in [0.2, 0.25) is 0 Å². The largest absolute Gasteiger partial charge is 0.338 e. The molecule has 0 aliphatic heterocycles. The first-order valence-electron chi connectivity index (χ1n) is 8.96. The second kappa shape index (κ2) is 7.63. The second-order valence-electron chi connectivity index (χ2n) is 6.87. The average Bonchev–Trinajstić information content (AvgIpc) is 3.16. The molecule has 0 atom stereocenters. The Balaban J connectivity index is 1.82. The van der Waals surface area contributed by atoms with Crippen LogP contribution in [0.4, 0.5) is 17.2 Å². The number of fused-ring (bicyclic) bond motifs is 1. The number of aromatic nitrogens is 4. The standard InChI is InChI=1S/C19H18N6O4S2/c1-30(26,27)13-7-5-6-12(10-13)21-19-17-16(11-20-24-17)22-18(23-19)14-8-3-4-9-15(14)25-31(2,28)29/h3-11,25H,1-2H3,(H,20,24)(H,21,22,23). The van der Waals surface area contributed by atoms with Crippen LogP contribution < -0.4 is 10.0 Å². The summed E-state index contributed by atoms with van der Waals surface area (Å²) in [7, 11) is -6.89. The van der Waals surface area contributed by atoms with E-state index in [0.29, 0.717) is 33.8 Å². The van der Waals surface area contributed by atoms with Gasteiger partial charge in [0.1, 0.15) is 11.0 Å². The predicted octanol–water partition coefficient (Wildman–Crippen LogP) is 2.54. The van der Waals surface area contributed by atoms with E-state index >= 15 is 0 Å². The van der Waals surface area contributed by atoms with E-state index in [1.54, 1.807) is 36.4 Å². The van der Waals surface area contributed by atoms with Gasteiger partial charge in [-0.05, 0) is 30.3 Å². The Morgan fingerprint density at radius 2 is 1.71 bits per heavy atom. The minimum absolute atomic E-state index is 0.162. The van der Waals surface area contributed by atoms with Gasteiger partial charge in [0.2, 0.25) is 10.0 Å². The van der Waals surface area contributed by atoms with Crippen molar-refractivity contribution in [3.8, 4) is 11.4 Å². The SMILES string of the molecule is CS(=O)(=O)Nc1ccccc1-c1nc(Nc2cccc(S(C)(=O)=O)c2)c2[nH]ncc2n1. The molecule has 0 fully saturated rings. The second-order valence-corrected chi connectivity index (χ2v) is 10.6. The number of nitrogens with zero attached hydrogens (tertiary/aromatic N) is 3. The molecule has 2 aromatic heterocycles. The number of anilines is 3. The number of para-hydroxylation sites is 1. The summed E-state index contributed by atoms with van der Waals surface area (Å²) in [6.45, 7) is 0. The van der Waals surface area contributed by atoms with Crippen LogP contribution in [0.15, 0.2) is 59.6 Å². The van der Waals surface area contributed by atoms with Crippen LogP contribution in [0, 0.1) is 0 Å². The molecule has 0 spiro atoms. The Morgan fingerprint density at radius 3 is 2.45 bits per heavy atom. The van der Waals surface area contributed by atoms with Gasteiger partial charge in [0.25, 0.3) is 0 Å². The van der Waals surface area contributed by atoms with Crippen LogP contribution in [-0.4, -0.2) is 49.5 Å². The fourth-order valence-electron chi connectivity index (χ4n) is 2.96. The van der Waals surface area contributed by atoms with E-state index in [2.05, 4.69) is 30.2 Å². The summed E-state index contributed by atoms with van der Waals surface area (Å²) in [4.78, 5) is 9.19. The Bertz CT molecular complexity index is 1500. The maximum atomic E-state index is 11.9. The molecule has 0 radical (unpaired) electrons. The van der Waals surface area contributed by atoms with Crippen LogP contribution in [-0.2, 0) is 19.9 Å². The maximum Gasteiger partial charge on any atom is 0.229 e. The highest BCUT2D eigenvalue weighted by Crippen LogP contribution is 2.30. The molecule has 3 N–H and O–H groups in total. The van der Waals surface area contributed by atoms with E-state index in [-0.39, 0.29) is 10.7 Å². The van der Waals surface area contributed by atoms with Gasteiger partial charge in [-0.25, -0.2) is 26.8 Å². The van der Waals surface area contributed by atoms with E-state index in [0.717, 1.165) is 12.5 Å². The molecule has 0 saturated carbocycles. The molecule has 2 aromatic carbocycles. The Morgan fingerprint density at radius 1 is 0.935 bits per heavy atom. The van der Waals surface area contributed by atoms with Gasteiger partial charge >= 0.3 is 0 Å². The van der Waals surface area contributed by atoms with Crippen LogP contribution in [0.5, 0.6) is 0 Å². The predicted molar refractivity (Wildman–Crippen MR) is 118 cm³/mol. The first kappa shape index (κ1) is 20.8. The number of rotatable bonds is 6. The van der Waals surface area contributed by atoms with E-state index in [1.165, 1.54) is 18.3 Å². The van der Waals surface area contributed by atoms with E-state index < -0.39 is 19.9 Å². The molecule has 4 rings (SSSR count). The summed E-state index contributed by atoms with van der Waals surface area (Å²) < 4.78 is 49.7. The highest BCUT2D eigenvalue weighted by atomic mass is 32.2. The van der Waals surface area contributed by atoms with Gasteiger partial charge < -0.3 is 5.32 Å². The fourth-order valence-corrected chi connectivity index (χ4v) is 4.20. The highest BCUT2D eigenvalue weighted by Gasteiger charge is 2.16. The third kappa shape index (κ3) is 4.64. The van der Waals surface area contributed by atoms with Crippen molar-refractivity contribution in [2.24, 2.45) is 0 Å². The van der Waals surface area contributed by atoms with Crippen molar-refractivity contribution in [3.05, 3.63) is 54.7 Å². The van der Waals surface area contributed by atoms with Crippen molar-refractivity contribution in [3.63, 3.8) is 0 Å². The molecule has 31 heavy (non-hydrogen) atoms. The van der Waals surface area contributed by atoms with Crippen molar-refractivity contribution < 1.29 is 16.8 Å². The molecule has 160 valence electrons. The van der Waals surface area contributed by atoms with E-state index in [1.807, 2.05) is 0 Å². The summed E-state index contributed by atoms with van der Waals surface area (Å²) in [5.74, 6) is 0.625. The lowest BCUT2D eigenvalue weighted by Gasteiger charge is -2.12. The molecule has 0 amide bonds. The van der Waals surface area contributed by atoms with E-state index in [4.69, 9.17) is 0 Å². The van der Waals surface area contributed by atoms with E-state index in [9.17, 15) is 16.8 Å². The average molecular weight is 459 g/mol. The van der Waals surface area contributed by atoms with Gasteiger partial charge in [-0.1, -0.05) is 18.2 Å². The first-order chi connectivity index (χ1) is 14.6. The molecule has 2 heterocycles. The van der Waals surface area contributed by atoms with Crippen molar-refractivity contribution in [2.45, 2.75) is 4.90 Å². The zero-order valence-corrected chi connectivity index (χ0v) is 18.1. The number of hydrogen-bond acceptors (Lipinski definition) is 8. The summed E-state index contributed by atoms with van der Waals surface area (Å²) in [5, 5.41) is 9.92. The van der Waals surface area contributed by atoms with Gasteiger partial charge in [0.15, 0.2) is 21.5 Å². The molecule has 10 nitrogen and oxygen atoms in total. The third-order valence-electron chi connectivity index (χ3n) is 4.29. The minimum Gasteiger partial charge on any atom is -0.338 e. The first-order valence-corrected chi connectivity index (χ1v) is 12.7. The Hall–Kier alpha value is -3.51. The topological polar surface area (TPSA) is 147 Å². The van der Waals surface area contributed by atoms with Crippen molar-refractivity contribution in [1.82, 2.24) is 20.2 Å². The molecule has 4 aromatic rings. The normalized spacial score (nSPS) is 12.1. The lowest BCUT2D eigenvalue weighted by atomic mass is 10.1. The Kier molecular flexibility index (Phi) is 5.11. The molecule has 0 aliphatic rings. The zero-order chi connectivity index (χ0) is 22.2. The molecular weight excluding hydrogens is 440 g/mol. The lowest BCUT2D eigenvalue weighted by molar-refractivity contribution is 0.601. The summed E-state index contributed by atoms with van der Waals surface area (Å²) in [6, 6.07) is 13.1. The third-order valence-corrected chi connectivity index (χ3v) is 5.99. The van der Waals surface area contributed by atoms with Crippen LogP contribution in [0.3, 0.4) is 0 Å². The molecule has 0 aliphatic carbocycles. The zero-order valence-electron chi connectivity index (χ0n) is 16.5. The lowest BCUT2D eigenvalue weighted by Crippen LogP contribution is -2.11. The van der Waals surface area contributed by atoms with Crippen molar-refractivity contribution in [2.75, 3.05) is 22.6 Å². The summed E-state index contributed by atoms with van der Waals surface area (Å²) >= 11 is 0. The fraction of sp³-hybridized carbons (Fsp3) is 0.105. The number of aromatic amines is 1. The van der Waals surface area contributed by atoms with Crippen molar-refractivity contribution in [1.29, 1.82) is 0 Å². The molecular formula is C19H18N6O4S2. The Labute approximate surface area is 178 Å². The molecule has 0 saturated heterocycles. The monoisotopic (exact) mass is 458 g/mol. The number of nitrogens with one attached hydrogen (secondary N) is 3. The van der Waals surface area contributed by atoms with Gasteiger partial charge in [-0.3, -0.25) is 9.82 Å². The van der Waals surface area contributed by atoms with Gasteiger partial charge in [-0.2, -0.15) is 5.10 Å². The summed E-state index contributed by atoms with van der Waals surface area (Å²) in [5.41, 5.74) is 2.33. The highest BCUT2D eigenvalue weighted by molar-refractivity contribution is 7.92. The van der Waals surface area contributed by atoms with Gasteiger partial charge in [-0.15, -0.1) is 0 Å². The smallest absolute Gasteiger partial charge is 0.229 e. The number of H-pyrrole nitrogens is 1. The van der Waals surface area contributed by atoms with Crippen LogP contribution in [0.25, 0.3) is 22.4 Å². The quantitative estimate of drug-likeness (QED) is 0.399. The number of sulfonamides is 1. The van der Waals surface area contributed by atoms with Crippen LogP contribution >= 0.6 is 0 Å². The summed E-state index contributed by atoms with van der Waals surface area (Å²) in [6.07, 6.45) is 3.71. The molecule has 0 bridgehead atoms. The van der Waals surface area contributed by atoms with Crippen molar-refractivity contribution >= 4 is 48.1 Å². The van der Waals surface area contributed by atoms with Gasteiger partial charge in [0, 0.05) is 17.5 Å². The number of sulfone groups is 1. The number of hydrogen-bond donors (Lipinski definition) is 3. The molecule has 0 unspecified atom stereocenters. The minimum atomic E-state index is -3.51.